The molecule has 0 amide bonds. The fraction of sp³-hybridized carbons (Fsp3) is 0.568. The van der Waals surface area contributed by atoms with E-state index in [0.29, 0.717) is 23.9 Å². The average molecular weight is 1180 g/mol. The van der Waals surface area contributed by atoms with Gasteiger partial charge in [-0.05, 0) is 135 Å². The van der Waals surface area contributed by atoms with E-state index in [0.717, 1.165) is 141 Å². The summed E-state index contributed by atoms with van der Waals surface area (Å²) in [5.41, 5.74) is 0. The molecule has 10 heteroatoms. The molecule has 0 rings (SSSR count). The maximum atomic E-state index is 12.8. The van der Waals surface area contributed by atoms with Crippen LogP contribution in [0.4, 0.5) is 0 Å². The van der Waals surface area contributed by atoms with Crippen molar-refractivity contribution < 1.29 is 42.1 Å². The predicted octanol–water partition coefficient (Wildman–Crippen LogP) is 20.5. The Bertz CT molecular complexity index is 2070. The minimum absolute atomic E-state index is 0.0480. The van der Waals surface area contributed by atoms with Crippen molar-refractivity contribution in [3.05, 3.63) is 182 Å². The number of rotatable bonds is 57. The molecular weight excluding hydrogens is 1060 g/mol. The number of ether oxygens (including phenoxy) is 2. The van der Waals surface area contributed by atoms with E-state index >= 15 is 0 Å². The van der Waals surface area contributed by atoms with Crippen LogP contribution in [0.1, 0.15) is 219 Å². The number of esters is 2. The number of likely N-dealkylation sites (N-methyl/N-ethyl adjacent to an activating group) is 1. The van der Waals surface area contributed by atoms with Crippen molar-refractivity contribution in [1.29, 1.82) is 0 Å². The SMILES string of the molecule is CC/C=C\C/C=C\C/C=C\C/C=C\C/C=C\C/C=C\C/C=C\C/C=C\CCCCCCCCCCCCC(=O)OC(COC(=O)CCCCC/C=C\C/C=C\C/C=C\C/C=C\C/C=C\C/C=C\C/C=C\CC)COP(=O)([O-])OCC[N+](C)(C)C. The third-order valence-electron chi connectivity index (χ3n) is 12.9. The second-order valence-corrected chi connectivity index (χ2v) is 23.4. The van der Waals surface area contributed by atoms with Crippen molar-refractivity contribution in [3.63, 3.8) is 0 Å². The van der Waals surface area contributed by atoms with Crippen LogP contribution in [0.25, 0.3) is 0 Å². The smallest absolute Gasteiger partial charge is 0.306 e. The molecule has 0 aromatic rings. The van der Waals surface area contributed by atoms with Gasteiger partial charge in [-0.15, -0.1) is 0 Å². The normalized spacial score (nSPS) is 14.4. The minimum Gasteiger partial charge on any atom is -0.756 e. The summed E-state index contributed by atoms with van der Waals surface area (Å²) in [6.45, 7) is 3.94. The quantitative estimate of drug-likeness (QED) is 0.0195. The first kappa shape index (κ1) is 79.1. The van der Waals surface area contributed by atoms with Crippen LogP contribution in [0.2, 0.25) is 0 Å². The molecule has 0 fully saturated rings. The van der Waals surface area contributed by atoms with E-state index < -0.39 is 32.5 Å². The number of phosphoric ester groups is 1. The molecule has 2 unspecified atom stereocenters. The van der Waals surface area contributed by atoms with Crippen molar-refractivity contribution in [3.8, 4) is 0 Å². The van der Waals surface area contributed by atoms with Crippen LogP contribution in [-0.4, -0.2) is 70.0 Å². The number of hydrogen-bond donors (Lipinski definition) is 0. The zero-order chi connectivity index (χ0) is 61.2. The first-order valence-electron chi connectivity index (χ1n) is 32.5. The van der Waals surface area contributed by atoms with Crippen molar-refractivity contribution in [1.82, 2.24) is 0 Å². The van der Waals surface area contributed by atoms with Gasteiger partial charge in [0.25, 0.3) is 7.82 Å². The number of hydrogen-bond acceptors (Lipinski definition) is 8. The largest absolute Gasteiger partial charge is 0.756 e. The van der Waals surface area contributed by atoms with Crippen LogP contribution in [0.3, 0.4) is 0 Å². The zero-order valence-electron chi connectivity index (χ0n) is 53.5. The summed E-state index contributed by atoms with van der Waals surface area (Å²) in [5, 5.41) is 0. The van der Waals surface area contributed by atoms with E-state index in [-0.39, 0.29) is 26.1 Å². The second-order valence-electron chi connectivity index (χ2n) is 22.0. The van der Waals surface area contributed by atoms with E-state index in [1.165, 1.54) is 38.5 Å². The molecule has 0 N–H and O–H groups in total. The molecule has 0 aromatic heterocycles. The summed E-state index contributed by atoms with van der Waals surface area (Å²) in [5.74, 6) is -0.891. The standard InChI is InChI=1S/C74H118NO8P/c1-6-8-10-12-14-16-18-20-22-24-26-28-30-32-33-34-35-36-37-38-39-40-41-43-45-47-49-51-53-55-57-59-61-63-65-67-74(77)83-72(71-82-84(78,79)81-69-68-75(3,4)5)70-80-73(76)66-64-62-60-58-56-54-52-50-48-46-44-42-31-29-27-25-23-21-19-17-15-13-11-9-7-2/h8-11,14-17,20-23,26-29,32-33,35-36,38-39,41-44,48,50,54,56,72H,6-7,12-13,18-19,24-25,30-31,34,37,40,45-47,49,51-53,55,57-71H2,1-5H3/b10-8-,11-9-,16-14-,17-15-,22-20-,23-21-,28-26-,29-27-,33-32-,36-35-,39-38-,43-41-,44-42-,50-48-,56-54-. The lowest BCUT2D eigenvalue weighted by molar-refractivity contribution is -0.870. The van der Waals surface area contributed by atoms with Gasteiger partial charge in [-0.25, -0.2) is 0 Å². The van der Waals surface area contributed by atoms with Crippen molar-refractivity contribution >= 4 is 19.8 Å². The molecular formula is C74H118NO8P. The Morgan fingerprint density at radius 3 is 0.964 bits per heavy atom. The zero-order valence-corrected chi connectivity index (χ0v) is 54.4. The van der Waals surface area contributed by atoms with Crippen LogP contribution in [0.15, 0.2) is 182 Å². The van der Waals surface area contributed by atoms with Crippen LogP contribution in [0, 0.1) is 0 Å². The van der Waals surface area contributed by atoms with Gasteiger partial charge in [0.1, 0.15) is 19.8 Å². The van der Waals surface area contributed by atoms with Gasteiger partial charge in [-0.2, -0.15) is 0 Å². The number of quaternary nitrogens is 1. The molecule has 472 valence electrons. The van der Waals surface area contributed by atoms with E-state index in [4.69, 9.17) is 18.5 Å². The summed E-state index contributed by atoms with van der Waals surface area (Å²) >= 11 is 0. The Hall–Kier alpha value is -4.89. The summed E-state index contributed by atoms with van der Waals surface area (Å²) in [4.78, 5) is 38.0. The Morgan fingerprint density at radius 2 is 0.643 bits per heavy atom. The molecule has 0 heterocycles. The number of carbonyl (C=O) groups is 2. The van der Waals surface area contributed by atoms with Crippen LogP contribution < -0.4 is 4.89 Å². The number of carbonyl (C=O) groups excluding carboxylic acids is 2. The molecule has 0 spiro atoms. The van der Waals surface area contributed by atoms with Gasteiger partial charge < -0.3 is 27.9 Å². The average Bonchev–Trinajstić information content (AvgIpc) is 3.61. The maximum Gasteiger partial charge on any atom is 0.306 e. The predicted molar refractivity (Wildman–Crippen MR) is 359 cm³/mol. The molecule has 9 nitrogen and oxygen atoms in total. The van der Waals surface area contributed by atoms with Crippen LogP contribution in [0.5, 0.6) is 0 Å². The molecule has 2 atom stereocenters. The highest BCUT2D eigenvalue weighted by molar-refractivity contribution is 7.45. The summed E-state index contributed by atoms with van der Waals surface area (Å²) in [6, 6.07) is 0. The van der Waals surface area contributed by atoms with Gasteiger partial charge in [-0.3, -0.25) is 14.2 Å². The molecule has 0 bridgehead atoms. The first-order valence-corrected chi connectivity index (χ1v) is 34.0. The lowest BCUT2D eigenvalue weighted by Crippen LogP contribution is -2.37. The number of phosphoric acid groups is 1. The van der Waals surface area contributed by atoms with Gasteiger partial charge >= 0.3 is 11.9 Å². The Labute approximate surface area is 514 Å². The Balaban J connectivity index is 4.23. The highest BCUT2D eigenvalue weighted by Gasteiger charge is 2.22. The monoisotopic (exact) mass is 1180 g/mol. The van der Waals surface area contributed by atoms with Gasteiger partial charge in [0.15, 0.2) is 6.10 Å². The minimum atomic E-state index is -4.66. The fourth-order valence-electron chi connectivity index (χ4n) is 8.00. The van der Waals surface area contributed by atoms with Gasteiger partial charge in [0.2, 0.25) is 0 Å². The lowest BCUT2D eigenvalue weighted by atomic mass is 10.0. The maximum absolute atomic E-state index is 12.8. The molecule has 0 saturated carbocycles. The summed E-state index contributed by atoms with van der Waals surface area (Å²) < 4.78 is 34.2. The fourth-order valence-corrected chi connectivity index (χ4v) is 8.73. The number of nitrogens with zero attached hydrogens (tertiary/aromatic N) is 1. The van der Waals surface area contributed by atoms with E-state index in [1.54, 1.807) is 0 Å². The van der Waals surface area contributed by atoms with Gasteiger partial charge in [0.05, 0.1) is 27.7 Å². The summed E-state index contributed by atoms with van der Waals surface area (Å²) in [6.07, 6.45) is 96.6. The topological polar surface area (TPSA) is 111 Å². The van der Waals surface area contributed by atoms with Gasteiger partial charge in [0, 0.05) is 12.8 Å². The molecule has 0 aliphatic carbocycles. The molecule has 0 aliphatic rings. The van der Waals surface area contributed by atoms with Crippen LogP contribution in [-0.2, 0) is 32.7 Å². The second kappa shape index (κ2) is 62.6. The van der Waals surface area contributed by atoms with Crippen molar-refractivity contribution in [2.75, 3.05) is 47.5 Å². The first-order chi connectivity index (χ1) is 41.0. The van der Waals surface area contributed by atoms with E-state index in [9.17, 15) is 19.0 Å². The highest BCUT2D eigenvalue weighted by atomic mass is 31.2. The highest BCUT2D eigenvalue weighted by Crippen LogP contribution is 2.38. The van der Waals surface area contributed by atoms with Gasteiger partial charge in [-0.1, -0.05) is 254 Å². The third kappa shape index (κ3) is 66.3. The van der Waals surface area contributed by atoms with E-state index in [1.807, 2.05) is 21.1 Å². The Kier molecular flexibility index (Phi) is 59.0. The molecule has 0 aliphatic heterocycles. The van der Waals surface area contributed by atoms with Crippen molar-refractivity contribution in [2.24, 2.45) is 0 Å². The molecule has 0 saturated heterocycles. The number of unbranched alkanes of at least 4 members (excludes halogenated alkanes) is 13. The van der Waals surface area contributed by atoms with Crippen LogP contribution >= 0.6 is 7.82 Å². The third-order valence-corrected chi connectivity index (χ3v) is 13.9. The molecule has 84 heavy (non-hydrogen) atoms. The molecule has 0 aromatic carbocycles. The summed E-state index contributed by atoms with van der Waals surface area (Å²) in [7, 11) is 1.12. The Morgan fingerprint density at radius 1 is 0.369 bits per heavy atom. The van der Waals surface area contributed by atoms with E-state index in [2.05, 4.69) is 196 Å². The lowest BCUT2D eigenvalue weighted by Gasteiger charge is -2.28. The number of allylic oxidation sites excluding steroid dienone is 30. The van der Waals surface area contributed by atoms with Crippen molar-refractivity contribution in [2.45, 2.75) is 225 Å². The molecule has 0 radical (unpaired) electrons.